The summed E-state index contributed by atoms with van der Waals surface area (Å²) in [6.07, 6.45) is 6.16. The van der Waals surface area contributed by atoms with Gasteiger partial charge in [0.2, 0.25) is 0 Å². The normalized spacial score (nSPS) is 21.5. The predicted octanol–water partition coefficient (Wildman–Crippen LogP) is 4.54. The molecule has 2 nitrogen and oxygen atoms in total. The largest absolute Gasteiger partial charge is 0.493 e. The summed E-state index contributed by atoms with van der Waals surface area (Å²) in [6, 6.07) is 16.9. The number of fused-ring (bicyclic) bond motifs is 6. The zero-order valence-corrected chi connectivity index (χ0v) is 11.4. The van der Waals surface area contributed by atoms with Gasteiger partial charge in [-0.1, -0.05) is 48.5 Å². The third kappa shape index (κ3) is 1.39. The molecule has 2 heteroatoms. The standard InChI is InChI=1S/C19H13NO/c1-2-5-12(6-3-1)16-11-20-18-13(16)7-4-8-14-17(18)15-9-10-21-19(14)15/h1-11,15,19H. The second kappa shape index (κ2) is 3.95. The van der Waals surface area contributed by atoms with Gasteiger partial charge in [-0.15, -0.1) is 0 Å². The van der Waals surface area contributed by atoms with Crippen LogP contribution in [0.15, 0.2) is 67.1 Å². The van der Waals surface area contributed by atoms with Crippen molar-refractivity contribution in [2.45, 2.75) is 12.0 Å². The van der Waals surface area contributed by atoms with Gasteiger partial charge in [0, 0.05) is 23.2 Å². The quantitative estimate of drug-likeness (QED) is 0.648. The van der Waals surface area contributed by atoms with Crippen molar-refractivity contribution in [1.29, 1.82) is 0 Å². The Labute approximate surface area is 123 Å². The topological polar surface area (TPSA) is 22.1 Å². The van der Waals surface area contributed by atoms with E-state index in [9.17, 15) is 0 Å². The molecule has 4 aliphatic rings. The molecule has 2 aliphatic carbocycles. The third-order valence-corrected chi connectivity index (χ3v) is 4.53. The minimum absolute atomic E-state index is 0.201. The second-order valence-corrected chi connectivity index (χ2v) is 5.61. The van der Waals surface area contributed by atoms with Crippen LogP contribution < -0.4 is 0 Å². The van der Waals surface area contributed by atoms with Crippen molar-refractivity contribution < 1.29 is 4.74 Å². The molecule has 1 aromatic rings. The fraction of sp³-hybridized carbons (Fsp3) is 0.105. The smallest absolute Gasteiger partial charge is 0.134 e. The van der Waals surface area contributed by atoms with E-state index in [0.29, 0.717) is 5.92 Å². The van der Waals surface area contributed by atoms with E-state index in [-0.39, 0.29) is 6.10 Å². The fourth-order valence-electron chi connectivity index (χ4n) is 3.52. The van der Waals surface area contributed by atoms with Crippen LogP contribution in [-0.4, -0.2) is 4.98 Å². The van der Waals surface area contributed by atoms with Crippen LogP contribution >= 0.6 is 0 Å². The lowest BCUT2D eigenvalue weighted by Crippen LogP contribution is -2.20. The Balaban J connectivity index is 1.73. The first-order valence-corrected chi connectivity index (χ1v) is 7.22. The van der Waals surface area contributed by atoms with Gasteiger partial charge in [-0.2, -0.15) is 0 Å². The van der Waals surface area contributed by atoms with Crippen LogP contribution in [0.2, 0.25) is 0 Å². The van der Waals surface area contributed by atoms with Crippen LogP contribution in [0.25, 0.3) is 22.4 Å². The molecule has 0 fully saturated rings. The highest BCUT2D eigenvalue weighted by atomic mass is 16.5. The Bertz CT molecular complexity index is 838. The number of aromatic nitrogens is 1. The number of hydrogen-bond donors (Lipinski definition) is 0. The van der Waals surface area contributed by atoms with Crippen molar-refractivity contribution in [3.05, 3.63) is 78.2 Å². The van der Waals surface area contributed by atoms with E-state index in [2.05, 4.69) is 48.5 Å². The van der Waals surface area contributed by atoms with E-state index in [4.69, 9.17) is 9.72 Å². The highest BCUT2D eigenvalue weighted by Gasteiger charge is 2.42. The molecular weight excluding hydrogens is 258 g/mol. The Morgan fingerprint density at radius 2 is 1.81 bits per heavy atom. The predicted molar refractivity (Wildman–Crippen MR) is 82.0 cm³/mol. The number of rotatable bonds is 1. The molecule has 100 valence electrons. The average Bonchev–Trinajstić information content (AvgIpc) is 3.07. The molecule has 2 unspecified atom stereocenters. The summed E-state index contributed by atoms with van der Waals surface area (Å²) >= 11 is 0. The second-order valence-electron chi connectivity index (χ2n) is 5.61. The molecule has 2 atom stereocenters. The lowest BCUT2D eigenvalue weighted by Gasteiger charge is -2.32. The van der Waals surface area contributed by atoms with Gasteiger partial charge in [-0.3, -0.25) is 4.98 Å². The summed E-state index contributed by atoms with van der Waals surface area (Å²) in [5.74, 6) is 0.369. The van der Waals surface area contributed by atoms with Crippen molar-refractivity contribution in [1.82, 2.24) is 4.98 Å². The Morgan fingerprint density at radius 3 is 2.71 bits per heavy atom. The lowest BCUT2D eigenvalue weighted by atomic mass is 9.75. The molecule has 5 rings (SSSR count). The molecule has 2 heterocycles. The first-order valence-electron chi connectivity index (χ1n) is 7.22. The minimum Gasteiger partial charge on any atom is -0.493 e. The van der Waals surface area contributed by atoms with Gasteiger partial charge >= 0.3 is 0 Å². The van der Waals surface area contributed by atoms with Gasteiger partial charge in [-0.25, -0.2) is 0 Å². The van der Waals surface area contributed by atoms with Gasteiger partial charge in [0.15, 0.2) is 0 Å². The van der Waals surface area contributed by atoms with Crippen molar-refractivity contribution in [3.63, 3.8) is 0 Å². The molecule has 1 aromatic carbocycles. The molecule has 0 N–H and O–H groups in total. The van der Waals surface area contributed by atoms with Gasteiger partial charge in [0.05, 0.1) is 12.0 Å². The molecule has 0 radical (unpaired) electrons. The minimum atomic E-state index is 0.201. The molecule has 0 saturated carbocycles. The molecule has 0 spiro atoms. The summed E-state index contributed by atoms with van der Waals surface area (Å²) in [6.45, 7) is 0. The van der Waals surface area contributed by atoms with Gasteiger partial charge in [-0.05, 0) is 22.8 Å². The monoisotopic (exact) mass is 271 g/mol. The number of nitrogens with zero attached hydrogens (tertiary/aromatic N) is 1. The van der Waals surface area contributed by atoms with Crippen molar-refractivity contribution in [2.24, 2.45) is 0 Å². The SMILES string of the molecule is C1=CC2c3c(cccc4c(-c5ccccc5)cnc3-4)C2O1. The van der Waals surface area contributed by atoms with E-state index in [1.807, 2.05) is 18.5 Å². The maximum Gasteiger partial charge on any atom is 0.134 e. The molecular formula is C19H13NO. The van der Waals surface area contributed by atoms with Crippen LogP contribution in [0, 0.1) is 0 Å². The van der Waals surface area contributed by atoms with E-state index < -0.39 is 0 Å². The van der Waals surface area contributed by atoms with Gasteiger partial charge < -0.3 is 4.74 Å². The zero-order valence-electron chi connectivity index (χ0n) is 11.4. The van der Waals surface area contributed by atoms with E-state index in [0.717, 1.165) is 5.69 Å². The summed E-state index contributed by atoms with van der Waals surface area (Å²) < 4.78 is 5.65. The first kappa shape index (κ1) is 11.1. The third-order valence-electron chi connectivity index (χ3n) is 4.53. The molecule has 21 heavy (non-hydrogen) atoms. The van der Waals surface area contributed by atoms with Crippen LogP contribution in [0.3, 0.4) is 0 Å². The molecule has 0 saturated heterocycles. The van der Waals surface area contributed by atoms with E-state index >= 15 is 0 Å². The van der Waals surface area contributed by atoms with Crippen LogP contribution in [0.5, 0.6) is 0 Å². The summed E-state index contributed by atoms with van der Waals surface area (Å²) in [7, 11) is 0. The van der Waals surface area contributed by atoms with Crippen LogP contribution in [0.1, 0.15) is 23.1 Å². The summed E-state index contributed by atoms with van der Waals surface area (Å²) in [4.78, 5) is 4.72. The number of hydrogen-bond acceptors (Lipinski definition) is 2. The molecule has 0 aromatic heterocycles. The number of benzene rings is 1. The molecule has 0 bridgehead atoms. The highest BCUT2D eigenvalue weighted by molar-refractivity contribution is 5.86. The van der Waals surface area contributed by atoms with Crippen molar-refractivity contribution in [2.75, 3.05) is 0 Å². The van der Waals surface area contributed by atoms with Crippen molar-refractivity contribution in [3.8, 4) is 22.4 Å². The first-order chi connectivity index (χ1) is 10.4. The van der Waals surface area contributed by atoms with Gasteiger partial charge in [0.25, 0.3) is 0 Å². The van der Waals surface area contributed by atoms with Crippen LogP contribution in [-0.2, 0) is 4.74 Å². The Hall–Kier alpha value is -2.61. The number of ether oxygens (including phenoxy) is 1. The molecule has 2 aliphatic heterocycles. The Kier molecular flexibility index (Phi) is 2.09. The van der Waals surface area contributed by atoms with Crippen molar-refractivity contribution >= 4 is 0 Å². The fourth-order valence-corrected chi connectivity index (χ4v) is 3.52. The lowest BCUT2D eigenvalue weighted by molar-refractivity contribution is 0.136. The van der Waals surface area contributed by atoms with E-state index in [1.165, 1.54) is 27.8 Å². The van der Waals surface area contributed by atoms with Gasteiger partial charge in [0.1, 0.15) is 6.10 Å². The average molecular weight is 271 g/mol. The summed E-state index contributed by atoms with van der Waals surface area (Å²) in [5.41, 5.74) is 7.37. The highest BCUT2D eigenvalue weighted by Crippen LogP contribution is 2.55. The Morgan fingerprint density at radius 1 is 0.905 bits per heavy atom. The zero-order chi connectivity index (χ0) is 13.8. The van der Waals surface area contributed by atoms with Crippen LogP contribution in [0.4, 0.5) is 0 Å². The molecule has 0 amide bonds. The summed E-state index contributed by atoms with van der Waals surface area (Å²) in [5, 5.41) is 0. The van der Waals surface area contributed by atoms with E-state index in [1.54, 1.807) is 0 Å². The maximum absolute atomic E-state index is 5.65. The maximum atomic E-state index is 5.65.